The molecule has 3 aromatic carbocycles. The molecule has 0 N–H and O–H groups in total. The second-order valence-electron chi connectivity index (χ2n) is 11.1. The van der Waals surface area contributed by atoms with Crippen molar-refractivity contribution in [2.45, 2.75) is 72.6 Å². The van der Waals surface area contributed by atoms with E-state index in [2.05, 4.69) is 30.8 Å². The molecule has 39 heavy (non-hydrogen) atoms. The number of benzene rings is 3. The van der Waals surface area contributed by atoms with E-state index in [9.17, 15) is 13.2 Å². The lowest BCUT2D eigenvalue weighted by Crippen LogP contribution is -2.27. The summed E-state index contributed by atoms with van der Waals surface area (Å²) in [7, 11) is -3.27. The second-order valence-corrected chi connectivity index (χ2v) is 13.4. The summed E-state index contributed by atoms with van der Waals surface area (Å²) in [5.41, 5.74) is 3.01. The first-order valence-corrected chi connectivity index (χ1v) is 15.4. The molecule has 5 nitrogen and oxygen atoms in total. The van der Waals surface area contributed by atoms with E-state index < -0.39 is 15.6 Å². The highest BCUT2D eigenvalue weighted by Gasteiger charge is 2.52. The van der Waals surface area contributed by atoms with Crippen LogP contribution >= 0.6 is 0 Å². The number of hydrogen-bond acceptors (Lipinski definition) is 5. The van der Waals surface area contributed by atoms with Gasteiger partial charge in [-0.05, 0) is 66.5 Å². The van der Waals surface area contributed by atoms with Crippen molar-refractivity contribution in [1.29, 1.82) is 0 Å². The average molecular weight is 543 g/mol. The van der Waals surface area contributed by atoms with E-state index in [4.69, 9.17) is 9.47 Å². The van der Waals surface area contributed by atoms with Crippen molar-refractivity contribution in [2.24, 2.45) is 5.92 Å². The summed E-state index contributed by atoms with van der Waals surface area (Å²) in [6, 6.07) is 27.3. The molecule has 3 aliphatic rings. The number of rotatable bonds is 9. The van der Waals surface area contributed by atoms with Gasteiger partial charge in [0.1, 0.15) is 12.2 Å². The fourth-order valence-electron chi connectivity index (χ4n) is 6.22. The Morgan fingerprint density at radius 1 is 0.872 bits per heavy atom. The molecule has 1 saturated heterocycles. The van der Waals surface area contributed by atoms with Gasteiger partial charge in [-0.1, -0.05) is 79.4 Å². The predicted molar refractivity (Wildman–Crippen MR) is 150 cm³/mol. The summed E-state index contributed by atoms with van der Waals surface area (Å²) in [5.74, 6) is -0.905. The monoisotopic (exact) mass is 542 g/mol. The van der Waals surface area contributed by atoms with Crippen LogP contribution in [0, 0.1) is 5.92 Å². The number of ketones is 1. The Morgan fingerprint density at radius 3 is 1.95 bits per heavy atom. The summed E-state index contributed by atoms with van der Waals surface area (Å²) in [5, 5.41) is -0.255. The molecule has 202 valence electrons. The molecule has 5 atom stereocenters. The van der Waals surface area contributed by atoms with Gasteiger partial charge in [-0.3, -0.25) is 4.79 Å². The minimum absolute atomic E-state index is 0.0497. The van der Waals surface area contributed by atoms with Crippen molar-refractivity contribution in [1.82, 2.24) is 0 Å². The van der Waals surface area contributed by atoms with Gasteiger partial charge in [-0.15, -0.1) is 0 Å². The van der Waals surface area contributed by atoms with E-state index in [1.54, 1.807) is 24.3 Å². The number of sulfone groups is 1. The number of carbonyl (C=O) groups excluding carboxylic acids is 1. The molecular formula is C33H34O5S. The Hall–Kier alpha value is -3.06. The molecule has 1 aliphatic heterocycles. The Morgan fingerprint density at radius 2 is 1.44 bits per heavy atom. The highest BCUT2D eigenvalue weighted by atomic mass is 32.2. The maximum atomic E-state index is 13.0. The van der Waals surface area contributed by atoms with Crippen LogP contribution in [0.25, 0.3) is 0 Å². The minimum atomic E-state index is -3.27. The highest BCUT2D eigenvalue weighted by Crippen LogP contribution is 2.55. The highest BCUT2D eigenvalue weighted by molar-refractivity contribution is 7.92. The van der Waals surface area contributed by atoms with Crippen molar-refractivity contribution in [3.8, 4) is 0 Å². The van der Waals surface area contributed by atoms with Crippen LogP contribution in [0.3, 0.4) is 0 Å². The van der Waals surface area contributed by atoms with Gasteiger partial charge in [0.2, 0.25) is 0 Å². The Bertz CT molecular complexity index is 1380. The van der Waals surface area contributed by atoms with Crippen LogP contribution in [0.2, 0.25) is 0 Å². The lowest BCUT2D eigenvalue weighted by Gasteiger charge is -2.24. The summed E-state index contributed by atoms with van der Waals surface area (Å²) >= 11 is 0. The van der Waals surface area contributed by atoms with Crippen LogP contribution in [0.4, 0.5) is 0 Å². The van der Waals surface area contributed by atoms with Gasteiger partial charge in [0.15, 0.2) is 21.4 Å². The van der Waals surface area contributed by atoms with Crippen LogP contribution in [-0.4, -0.2) is 25.2 Å². The lowest BCUT2D eigenvalue weighted by atomic mass is 9.85. The van der Waals surface area contributed by atoms with Crippen molar-refractivity contribution < 1.29 is 22.7 Å². The first-order chi connectivity index (χ1) is 18.9. The van der Waals surface area contributed by atoms with E-state index in [0.29, 0.717) is 17.7 Å². The molecule has 0 amide bonds. The lowest BCUT2D eigenvalue weighted by molar-refractivity contribution is -0.173. The van der Waals surface area contributed by atoms with Crippen LogP contribution in [0.5, 0.6) is 0 Å². The maximum absolute atomic E-state index is 13.0. The molecule has 0 radical (unpaired) electrons. The van der Waals surface area contributed by atoms with E-state index in [0.717, 1.165) is 42.4 Å². The molecule has 6 rings (SSSR count). The van der Waals surface area contributed by atoms with Gasteiger partial charge in [0, 0.05) is 18.8 Å². The molecular weight excluding hydrogens is 508 g/mol. The summed E-state index contributed by atoms with van der Waals surface area (Å²) in [6.07, 6.45) is 5.41. The SMILES string of the molecule is C=CC(=O)C(CC1CCC2(C1)OC(c1ccccc1)[C@@H](c1ccccc1)O2)c1ccc(S(=O)(=O)C2CC2)cc1. The van der Waals surface area contributed by atoms with Gasteiger partial charge < -0.3 is 9.47 Å². The summed E-state index contributed by atoms with van der Waals surface area (Å²) in [6.45, 7) is 3.73. The molecule has 0 bridgehead atoms. The summed E-state index contributed by atoms with van der Waals surface area (Å²) < 4.78 is 38.8. The van der Waals surface area contributed by atoms with Gasteiger partial charge in [0.05, 0.1) is 10.1 Å². The first kappa shape index (κ1) is 26.2. The molecule has 3 aromatic rings. The van der Waals surface area contributed by atoms with Gasteiger partial charge >= 0.3 is 0 Å². The van der Waals surface area contributed by atoms with Crippen molar-refractivity contribution >= 4 is 15.6 Å². The zero-order valence-electron chi connectivity index (χ0n) is 21.9. The van der Waals surface area contributed by atoms with Crippen LogP contribution in [-0.2, 0) is 24.1 Å². The Balaban J connectivity index is 1.21. The third kappa shape index (κ3) is 5.25. The molecule has 1 heterocycles. The number of hydrogen-bond donors (Lipinski definition) is 0. The van der Waals surface area contributed by atoms with Crippen LogP contribution in [0.15, 0.2) is 102 Å². The molecule has 0 aromatic heterocycles. The third-order valence-corrected chi connectivity index (χ3v) is 10.7. The quantitative estimate of drug-likeness (QED) is 0.276. The molecule has 6 heteroatoms. The fourth-order valence-corrected chi connectivity index (χ4v) is 7.88. The first-order valence-electron chi connectivity index (χ1n) is 13.8. The molecule has 2 saturated carbocycles. The van der Waals surface area contributed by atoms with Crippen LogP contribution < -0.4 is 0 Å². The van der Waals surface area contributed by atoms with Gasteiger partial charge in [-0.2, -0.15) is 0 Å². The Kier molecular flexibility index (Phi) is 7.04. The Labute approximate surface area is 230 Å². The smallest absolute Gasteiger partial charge is 0.181 e. The maximum Gasteiger partial charge on any atom is 0.181 e. The van der Waals surface area contributed by atoms with E-state index in [-0.39, 0.29) is 35.1 Å². The van der Waals surface area contributed by atoms with E-state index in [1.807, 2.05) is 36.4 Å². The predicted octanol–water partition coefficient (Wildman–Crippen LogP) is 6.88. The molecule has 4 unspecified atom stereocenters. The van der Waals surface area contributed by atoms with E-state index >= 15 is 0 Å². The third-order valence-electron chi connectivity index (χ3n) is 8.44. The summed E-state index contributed by atoms with van der Waals surface area (Å²) in [4.78, 5) is 13.3. The van der Waals surface area contributed by atoms with Gasteiger partial charge in [0.25, 0.3) is 0 Å². The average Bonchev–Trinajstić information content (AvgIpc) is 3.68. The fraction of sp³-hybridized carbons (Fsp3) is 0.364. The number of carbonyl (C=O) groups is 1. The van der Waals surface area contributed by atoms with E-state index in [1.165, 1.54) is 6.08 Å². The topological polar surface area (TPSA) is 69.7 Å². The van der Waals surface area contributed by atoms with Crippen molar-refractivity contribution in [3.05, 3.63) is 114 Å². The molecule has 3 fully saturated rings. The standard InChI is InChI=1S/C33H34O5S/c1-2-30(34)29(24-13-15-27(16-14-24)39(35,36)28-17-18-28)21-23-19-20-33(22-23)37-31(25-9-5-3-6-10-25)32(38-33)26-11-7-4-8-12-26/h2-16,23,28-29,31-32H,1,17-22H2/t23?,29?,31-,32?,33?/m1/s1. The largest absolute Gasteiger partial charge is 0.339 e. The second kappa shape index (κ2) is 10.5. The van der Waals surface area contributed by atoms with Gasteiger partial charge in [-0.25, -0.2) is 8.42 Å². The van der Waals surface area contributed by atoms with Crippen LogP contribution in [0.1, 0.15) is 73.3 Å². The minimum Gasteiger partial charge on any atom is -0.339 e. The zero-order chi connectivity index (χ0) is 27.0. The van der Waals surface area contributed by atoms with Crippen molar-refractivity contribution in [2.75, 3.05) is 0 Å². The number of allylic oxidation sites excluding steroid dienone is 1. The molecule has 1 spiro atoms. The van der Waals surface area contributed by atoms with Crippen molar-refractivity contribution in [3.63, 3.8) is 0 Å². The molecule has 2 aliphatic carbocycles. The number of ether oxygens (including phenoxy) is 2. The normalized spacial score (nSPS) is 27.4. The zero-order valence-corrected chi connectivity index (χ0v) is 22.8.